The van der Waals surface area contributed by atoms with E-state index < -0.39 is 0 Å². The van der Waals surface area contributed by atoms with Crippen molar-refractivity contribution in [3.05, 3.63) is 35.4 Å². The normalized spacial score (nSPS) is 15.8. The number of nitrogens with zero attached hydrogens (tertiary/aromatic N) is 6. The van der Waals surface area contributed by atoms with Gasteiger partial charge in [-0.05, 0) is 51.4 Å². The summed E-state index contributed by atoms with van der Waals surface area (Å²) >= 11 is 0. The van der Waals surface area contributed by atoms with Gasteiger partial charge in [-0.3, -0.25) is 9.89 Å². The highest BCUT2D eigenvalue weighted by molar-refractivity contribution is 5.96. The lowest BCUT2D eigenvalue weighted by Gasteiger charge is -2.32. The number of carbonyl (C=O) groups excluding carboxylic acids is 1. The molecule has 0 unspecified atom stereocenters. The van der Waals surface area contributed by atoms with Crippen molar-refractivity contribution in [1.82, 2.24) is 39.9 Å². The zero-order valence-corrected chi connectivity index (χ0v) is 19.7. The Labute approximate surface area is 189 Å². The van der Waals surface area contributed by atoms with Crippen molar-refractivity contribution < 1.29 is 4.79 Å². The first-order valence-electron chi connectivity index (χ1n) is 11.4. The third-order valence-electron chi connectivity index (χ3n) is 6.23. The van der Waals surface area contributed by atoms with Crippen LogP contribution in [0.1, 0.15) is 54.2 Å². The summed E-state index contributed by atoms with van der Waals surface area (Å²) in [4.78, 5) is 22.1. The number of fused-ring (bicyclic) bond motifs is 1. The lowest BCUT2D eigenvalue weighted by Crippen LogP contribution is -2.46. The van der Waals surface area contributed by atoms with E-state index in [9.17, 15) is 4.79 Å². The van der Waals surface area contributed by atoms with Crippen LogP contribution in [-0.2, 0) is 0 Å². The van der Waals surface area contributed by atoms with Crippen LogP contribution >= 0.6 is 0 Å². The fourth-order valence-electron chi connectivity index (χ4n) is 4.43. The third kappa shape index (κ3) is 4.68. The van der Waals surface area contributed by atoms with Crippen LogP contribution < -0.4 is 5.32 Å². The van der Waals surface area contributed by atoms with Crippen molar-refractivity contribution in [2.45, 2.75) is 45.6 Å². The molecule has 1 saturated heterocycles. The van der Waals surface area contributed by atoms with Gasteiger partial charge >= 0.3 is 0 Å². The van der Waals surface area contributed by atoms with E-state index in [0.29, 0.717) is 5.69 Å². The minimum Gasteiger partial charge on any atom is -0.348 e. The van der Waals surface area contributed by atoms with E-state index in [2.05, 4.69) is 69.4 Å². The van der Waals surface area contributed by atoms with Crippen molar-refractivity contribution in [3.63, 3.8) is 0 Å². The van der Waals surface area contributed by atoms with Gasteiger partial charge in [-0.15, -0.1) is 0 Å². The van der Waals surface area contributed by atoms with Crippen molar-refractivity contribution in [2.24, 2.45) is 0 Å². The van der Waals surface area contributed by atoms with Crippen LogP contribution in [0.15, 0.2) is 18.6 Å². The van der Waals surface area contributed by atoms with Gasteiger partial charge in [-0.2, -0.15) is 10.2 Å². The molecule has 0 spiro atoms. The summed E-state index contributed by atoms with van der Waals surface area (Å²) in [5, 5.41) is 15.1. The molecule has 1 aliphatic heterocycles. The Morgan fingerprint density at radius 1 is 1.31 bits per heavy atom. The van der Waals surface area contributed by atoms with Crippen LogP contribution in [0.2, 0.25) is 0 Å². The predicted molar refractivity (Wildman–Crippen MR) is 125 cm³/mol. The minimum absolute atomic E-state index is 0.0958. The Balaban J connectivity index is 1.49. The van der Waals surface area contributed by atoms with Gasteiger partial charge in [-0.25, -0.2) is 9.50 Å². The van der Waals surface area contributed by atoms with Gasteiger partial charge in [0, 0.05) is 49.5 Å². The van der Waals surface area contributed by atoms with E-state index in [1.165, 1.54) is 0 Å². The highest BCUT2D eigenvalue weighted by Gasteiger charge is 2.26. The van der Waals surface area contributed by atoms with Gasteiger partial charge in [0.15, 0.2) is 11.3 Å². The van der Waals surface area contributed by atoms with E-state index in [1.807, 2.05) is 13.1 Å². The summed E-state index contributed by atoms with van der Waals surface area (Å²) in [5.74, 6) is 0.0469. The third-order valence-corrected chi connectivity index (χ3v) is 6.23. The number of aromatic nitrogens is 5. The maximum absolute atomic E-state index is 13.2. The van der Waals surface area contributed by atoms with Gasteiger partial charge in [0.1, 0.15) is 6.33 Å². The number of rotatable bonds is 7. The summed E-state index contributed by atoms with van der Waals surface area (Å²) < 4.78 is 1.76. The van der Waals surface area contributed by atoms with Crippen molar-refractivity contribution in [3.8, 4) is 11.3 Å². The Hall–Kier alpha value is -2.78. The molecule has 0 atom stereocenters. The van der Waals surface area contributed by atoms with Crippen LogP contribution in [0, 0.1) is 6.92 Å². The second-order valence-corrected chi connectivity index (χ2v) is 9.35. The van der Waals surface area contributed by atoms with Crippen LogP contribution in [0.25, 0.3) is 16.9 Å². The summed E-state index contributed by atoms with van der Waals surface area (Å²) in [5.41, 5.74) is 5.09. The molecule has 2 N–H and O–H groups in total. The van der Waals surface area contributed by atoms with Crippen LogP contribution in [0.3, 0.4) is 0 Å². The molecule has 172 valence electrons. The van der Waals surface area contributed by atoms with E-state index in [4.69, 9.17) is 0 Å². The van der Waals surface area contributed by atoms with Gasteiger partial charge in [-0.1, -0.05) is 13.8 Å². The molecule has 0 saturated carbocycles. The van der Waals surface area contributed by atoms with E-state index in [-0.39, 0.29) is 17.9 Å². The smallest absolute Gasteiger partial charge is 0.272 e. The lowest BCUT2D eigenvalue weighted by molar-refractivity contribution is 0.0902. The second kappa shape index (κ2) is 9.38. The van der Waals surface area contributed by atoms with E-state index >= 15 is 0 Å². The first-order valence-corrected chi connectivity index (χ1v) is 11.4. The molecule has 4 rings (SSSR count). The molecule has 9 heteroatoms. The summed E-state index contributed by atoms with van der Waals surface area (Å²) in [6.45, 7) is 10.4. The van der Waals surface area contributed by atoms with Crippen LogP contribution in [-0.4, -0.2) is 86.8 Å². The molecular formula is C23H34N8O. The molecule has 32 heavy (non-hydrogen) atoms. The van der Waals surface area contributed by atoms with Gasteiger partial charge in [0.05, 0.1) is 5.69 Å². The Morgan fingerprint density at radius 3 is 2.75 bits per heavy atom. The number of carbonyl (C=O) groups is 1. The molecule has 3 aromatic rings. The number of H-pyrrole nitrogens is 1. The van der Waals surface area contributed by atoms with Gasteiger partial charge in [0.2, 0.25) is 0 Å². The average molecular weight is 439 g/mol. The number of pyridine rings is 1. The van der Waals surface area contributed by atoms with Crippen molar-refractivity contribution in [2.75, 3.05) is 40.3 Å². The molecule has 0 bridgehead atoms. The molecule has 0 aliphatic carbocycles. The highest BCUT2D eigenvalue weighted by Crippen LogP contribution is 2.31. The molecule has 1 amide bonds. The van der Waals surface area contributed by atoms with Gasteiger partial charge < -0.3 is 15.1 Å². The number of nitrogens with one attached hydrogen (secondary N) is 2. The largest absolute Gasteiger partial charge is 0.348 e. The van der Waals surface area contributed by atoms with E-state index in [0.717, 1.165) is 67.1 Å². The van der Waals surface area contributed by atoms with Crippen LogP contribution in [0.5, 0.6) is 0 Å². The first kappa shape index (κ1) is 22.4. The van der Waals surface area contributed by atoms with Crippen LogP contribution in [0.4, 0.5) is 0 Å². The zero-order chi connectivity index (χ0) is 22.8. The standard InChI is InChI=1S/C23H34N8O/c1-15(2)19-20(17-12-16(3)22-24-14-25-31(22)13-17)27-28-21(19)23(32)26-18-6-8-30(9-7-18)11-10-29(4)5/h12-15,18H,6-11H2,1-5H3,(H,26,32)(H,27,28). The number of piperidine rings is 1. The monoisotopic (exact) mass is 438 g/mol. The molecule has 1 aliphatic rings. The Kier molecular flexibility index (Phi) is 6.57. The molecular weight excluding hydrogens is 404 g/mol. The number of likely N-dealkylation sites (tertiary alicyclic amines) is 1. The molecule has 4 heterocycles. The number of hydrogen-bond donors (Lipinski definition) is 2. The SMILES string of the molecule is Cc1cc(-c2[nH]nc(C(=O)NC3CCN(CCN(C)C)CC3)c2C(C)C)cn2ncnc12. The molecule has 1 fully saturated rings. The Bertz CT molecular complexity index is 1080. The minimum atomic E-state index is -0.0958. The number of hydrogen-bond acceptors (Lipinski definition) is 6. The fourth-order valence-corrected chi connectivity index (χ4v) is 4.43. The summed E-state index contributed by atoms with van der Waals surface area (Å²) in [6.07, 6.45) is 5.41. The van der Waals surface area contributed by atoms with Crippen molar-refractivity contribution >= 4 is 11.6 Å². The van der Waals surface area contributed by atoms with E-state index in [1.54, 1.807) is 10.8 Å². The number of likely N-dealkylation sites (N-methyl/N-ethyl adjacent to an activating group) is 1. The van der Waals surface area contributed by atoms with Gasteiger partial charge in [0.25, 0.3) is 5.91 Å². The highest BCUT2D eigenvalue weighted by atomic mass is 16.2. The zero-order valence-electron chi connectivity index (χ0n) is 19.7. The second-order valence-electron chi connectivity index (χ2n) is 9.35. The maximum atomic E-state index is 13.2. The molecule has 0 aromatic carbocycles. The van der Waals surface area contributed by atoms with Crippen molar-refractivity contribution in [1.29, 1.82) is 0 Å². The average Bonchev–Trinajstić information content (AvgIpc) is 3.40. The number of aromatic amines is 1. The lowest BCUT2D eigenvalue weighted by atomic mass is 9.96. The fraction of sp³-hybridized carbons (Fsp3) is 0.565. The molecule has 3 aromatic heterocycles. The summed E-state index contributed by atoms with van der Waals surface area (Å²) in [6, 6.07) is 2.25. The number of aryl methyl sites for hydroxylation is 1. The maximum Gasteiger partial charge on any atom is 0.272 e. The molecule has 0 radical (unpaired) electrons. The quantitative estimate of drug-likeness (QED) is 0.588. The first-order chi connectivity index (χ1) is 15.3. The summed E-state index contributed by atoms with van der Waals surface area (Å²) in [7, 11) is 4.20. The topological polar surface area (TPSA) is 94.5 Å². The predicted octanol–water partition coefficient (Wildman–Crippen LogP) is 2.31. The Morgan fingerprint density at radius 2 is 2.06 bits per heavy atom. The number of amides is 1. The molecule has 9 nitrogen and oxygen atoms in total.